The van der Waals surface area contributed by atoms with Gasteiger partial charge in [-0.15, -0.1) is 0 Å². The van der Waals surface area contributed by atoms with E-state index in [1.54, 1.807) is 18.9 Å². The van der Waals surface area contributed by atoms with Gasteiger partial charge in [-0.2, -0.15) is 0 Å². The summed E-state index contributed by atoms with van der Waals surface area (Å²) in [6.07, 6.45) is 1.43. The summed E-state index contributed by atoms with van der Waals surface area (Å²) in [5, 5.41) is 0. The van der Waals surface area contributed by atoms with Crippen molar-refractivity contribution in [3.8, 4) is 5.75 Å². The Bertz CT molecular complexity index is 961. The number of H-pyrrole nitrogens is 1. The fourth-order valence-electron chi connectivity index (χ4n) is 3.67. The van der Waals surface area contributed by atoms with Crippen LogP contribution in [0.25, 0.3) is 0 Å². The van der Waals surface area contributed by atoms with Gasteiger partial charge in [0.05, 0.1) is 7.11 Å². The lowest BCUT2D eigenvalue weighted by Gasteiger charge is -2.25. The predicted octanol–water partition coefficient (Wildman–Crippen LogP) is 0.410. The third-order valence-electron chi connectivity index (χ3n) is 5.34. The van der Waals surface area contributed by atoms with E-state index in [1.807, 2.05) is 38.4 Å². The number of amides is 1. The van der Waals surface area contributed by atoms with E-state index in [0.29, 0.717) is 18.7 Å². The molecule has 1 N–H and O–H groups in total. The van der Waals surface area contributed by atoms with Crippen molar-refractivity contribution in [2.75, 3.05) is 34.3 Å². The molecule has 2 heterocycles. The van der Waals surface area contributed by atoms with Gasteiger partial charge in [0, 0.05) is 36.8 Å². The fraction of sp³-hybridized carbons (Fsp3) is 0.450. The van der Waals surface area contributed by atoms with Crippen LogP contribution in [0.5, 0.6) is 5.75 Å². The minimum atomic E-state index is -0.570. The van der Waals surface area contributed by atoms with E-state index in [9.17, 15) is 14.4 Å². The molecule has 0 unspecified atom stereocenters. The molecule has 1 saturated heterocycles. The number of hydrogen-bond donors (Lipinski definition) is 1. The number of aromatic nitrogens is 2. The largest absolute Gasteiger partial charge is 0.497 e. The van der Waals surface area contributed by atoms with Crippen molar-refractivity contribution in [2.24, 2.45) is 0 Å². The molecule has 1 aromatic carbocycles. The Morgan fingerprint density at radius 1 is 1.21 bits per heavy atom. The molecule has 0 spiro atoms. The Labute approximate surface area is 163 Å². The molecule has 1 aliphatic heterocycles. The summed E-state index contributed by atoms with van der Waals surface area (Å²) < 4.78 is 6.48. The van der Waals surface area contributed by atoms with Crippen LogP contribution in [-0.4, -0.2) is 65.6 Å². The standard InChI is InChI=1S/C20H26N4O4/c1-13-9-24(20(27)21-19(13)26)12-18(25)23-10-16(17(11-23)22(2)3)14-5-7-15(28-4)8-6-14/h5-9,16-17H,10-12H2,1-4H3,(H,21,26,27)/t16-,17+/m0/s1. The van der Waals surface area contributed by atoms with Gasteiger partial charge in [0.1, 0.15) is 12.3 Å². The Balaban J connectivity index is 1.79. The number of likely N-dealkylation sites (tertiary alicyclic amines) is 1. The number of aromatic amines is 1. The number of aryl methyl sites for hydroxylation is 1. The number of methoxy groups -OCH3 is 1. The van der Waals surface area contributed by atoms with Gasteiger partial charge in [-0.1, -0.05) is 12.1 Å². The summed E-state index contributed by atoms with van der Waals surface area (Å²) in [6.45, 7) is 2.67. The Morgan fingerprint density at radius 2 is 1.89 bits per heavy atom. The molecule has 0 saturated carbocycles. The number of likely N-dealkylation sites (N-methyl/N-ethyl adjacent to an activating group) is 1. The molecule has 0 aliphatic carbocycles. The quantitative estimate of drug-likeness (QED) is 0.804. The third-order valence-corrected chi connectivity index (χ3v) is 5.34. The number of ether oxygens (including phenoxy) is 1. The van der Waals surface area contributed by atoms with Crippen molar-refractivity contribution in [2.45, 2.75) is 25.4 Å². The lowest BCUT2D eigenvalue weighted by Crippen LogP contribution is -2.39. The van der Waals surface area contributed by atoms with Gasteiger partial charge in [-0.25, -0.2) is 4.79 Å². The molecule has 8 heteroatoms. The van der Waals surface area contributed by atoms with E-state index in [0.717, 1.165) is 11.3 Å². The van der Waals surface area contributed by atoms with E-state index in [1.165, 1.54) is 10.8 Å². The first-order valence-electron chi connectivity index (χ1n) is 9.18. The lowest BCUT2D eigenvalue weighted by molar-refractivity contribution is -0.131. The molecular formula is C20H26N4O4. The fourth-order valence-corrected chi connectivity index (χ4v) is 3.67. The highest BCUT2D eigenvalue weighted by Crippen LogP contribution is 2.31. The Kier molecular flexibility index (Phi) is 5.69. The van der Waals surface area contributed by atoms with Crippen LogP contribution in [0.1, 0.15) is 17.0 Å². The van der Waals surface area contributed by atoms with Crippen LogP contribution in [-0.2, 0) is 11.3 Å². The van der Waals surface area contributed by atoms with Gasteiger partial charge in [0.2, 0.25) is 5.91 Å². The number of rotatable bonds is 5. The summed E-state index contributed by atoms with van der Waals surface area (Å²) in [6, 6.07) is 8.09. The topological polar surface area (TPSA) is 87.6 Å². The van der Waals surface area contributed by atoms with Gasteiger partial charge in [0.15, 0.2) is 0 Å². The van der Waals surface area contributed by atoms with Crippen LogP contribution >= 0.6 is 0 Å². The third kappa shape index (κ3) is 4.01. The number of carbonyl (C=O) groups is 1. The number of hydrogen-bond acceptors (Lipinski definition) is 5. The van der Waals surface area contributed by atoms with E-state index >= 15 is 0 Å². The van der Waals surface area contributed by atoms with Crippen molar-refractivity contribution in [1.82, 2.24) is 19.4 Å². The maximum atomic E-state index is 12.8. The van der Waals surface area contributed by atoms with Crippen LogP contribution in [0.4, 0.5) is 0 Å². The van der Waals surface area contributed by atoms with E-state index in [-0.39, 0.29) is 24.4 Å². The van der Waals surface area contributed by atoms with Crippen molar-refractivity contribution in [3.05, 3.63) is 62.4 Å². The Morgan fingerprint density at radius 3 is 2.50 bits per heavy atom. The highest BCUT2D eigenvalue weighted by atomic mass is 16.5. The monoisotopic (exact) mass is 386 g/mol. The van der Waals surface area contributed by atoms with Gasteiger partial charge < -0.3 is 14.5 Å². The summed E-state index contributed by atoms with van der Waals surface area (Å²) in [5.41, 5.74) is 0.545. The zero-order valence-corrected chi connectivity index (χ0v) is 16.6. The van der Waals surface area contributed by atoms with E-state index < -0.39 is 11.2 Å². The molecule has 0 bridgehead atoms. The summed E-state index contributed by atoms with van der Waals surface area (Å²) in [5.74, 6) is 0.819. The van der Waals surface area contributed by atoms with Crippen LogP contribution in [0.2, 0.25) is 0 Å². The first-order chi connectivity index (χ1) is 13.3. The van der Waals surface area contributed by atoms with Crippen LogP contribution in [0.3, 0.4) is 0 Å². The molecule has 1 aliphatic rings. The first-order valence-corrected chi connectivity index (χ1v) is 9.18. The van der Waals surface area contributed by atoms with E-state index in [2.05, 4.69) is 9.88 Å². The summed E-state index contributed by atoms with van der Waals surface area (Å²) in [4.78, 5) is 42.5. The highest BCUT2D eigenvalue weighted by Gasteiger charge is 2.37. The minimum Gasteiger partial charge on any atom is -0.497 e. The molecule has 2 atom stereocenters. The summed E-state index contributed by atoms with van der Waals surface area (Å²) >= 11 is 0. The number of nitrogens with one attached hydrogen (secondary N) is 1. The average Bonchev–Trinajstić information content (AvgIpc) is 3.12. The number of benzene rings is 1. The molecule has 1 aromatic heterocycles. The second-order valence-corrected chi connectivity index (χ2v) is 7.41. The molecule has 1 amide bonds. The number of carbonyl (C=O) groups excluding carboxylic acids is 1. The Hall–Kier alpha value is -2.87. The zero-order valence-electron chi connectivity index (χ0n) is 16.6. The highest BCUT2D eigenvalue weighted by molar-refractivity contribution is 5.76. The van der Waals surface area contributed by atoms with Crippen molar-refractivity contribution >= 4 is 5.91 Å². The van der Waals surface area contributed by atoms with Gasteiger partial charge >= 0.3 is 5.69 Å². The minimum absolute atomic E-state index is 0.0913. The van der Waals surface area contributed by atoms with Crippen molar-refractivity contribution in [3.63, 3.8) is 0 Å². The molecule has 8 nitrogen and oxygen atoms in total. The first kappa shape index (κ1) is 19.9. The van der Waals surface area contributed by atoms with Crippen LogP contribution < -0.4 is 16.0 Å². The van der Waals surface area contributed by atoms with Gasteiger partial charge in [-0.3, -0.25) is 19.1 Å². The lowest BCUT2D eigenvalue weighted by atomic mass is 9.93. The normalized spacial score (nSPS) is 19.2. The van der Waals surface area contributed by atoms with E-state index in [4.69, 9.17) is 4.74 Å². The maximum Gasteiger partial charge on any atom is 0.328 e. The smallest absolute Gasteiger partial charge is 0.328 e. The molecule has 28 heavy (non-hydrogen) atoms. The van der Waals surface area contributed by atoms with Crippen LogP contribution in [0.15, 0.2) is 40.1 Å². The van der Waals surface area contributed by atoms with Crippen molar-refractivity contribution < 1.29 is 9.53 Å². The molecular weight excluding hydrogens is 360 g/mol. The zero-order chi connectivity index (χ0) is 20.4. The molecule has 1 fully saturated rings. The molecule has 2 aromatic rings. The van der Waals surface area contributed by atoms with Gasteiger partial charge in [0.25, 0.3) is 5.56 Å². The maximum absolute atomic E-state index is 12.8. The predicted molar refractivity (Wildman–Crippen MR) is 106 cm³/mol. The SMILES string of the molecule is COc1ccc([C@@H]2CN(C(=O)Cn3cc(C)c(=O)[nH]c3=O)C[C@H]2N(C)C)cc1. The average molecular weight is 386 g/mol. The number of nitrogens with zero attached hydrogens (tertiary/aromatic N) is 3. The molecule has 3 rings (SSSR count). The molecule has 0 radical (unpaired) electrons. The van der Waals surface area contributed by atoms with Gasteiger partial charge in [-0.05, 0) is 38.7 Å². The summed E-state index contributed by atoms with van der Waals surface area (Å²) in [7, 11) is 5.64. The molecule has 150 valence electrons. The second-order valence-electron chi connectivity index (χ2n) is 7.41. The second kappa shape index (κ2) is 8.02. The van der Waals surface area contributed by atoms with Crippen molar-refractivity contribution in [1.29, 1.82) is 0 Å². The van der Waals surface area contributed by atoms with Crippen LogP contribution in [0, 0.1) is 6.92 Å².